The predicted octanol–water partition coefficient (Wildman–Crippen LogP) is 1.74. The summed E-state index contributed by atoms with van der Waals surface area (Å²) in [5, 5.41) is 6.36. The Morgan fingerprint density at radius 1 is 1.64 bits per heavy atom. The van der Waals surface area contributed by atoms with Crippen molar-refractivity contribution >= 4 is 29.0 Å². The Morgan fingerprint density at radius 2 is 2.43 bits per heavy atom. The summed E-state index contributed by atoms with van der Waals surface area (Å²) in [5.41, 5.74) is 0.645. The molecule has 1 atom stereocenters. The molecule has 4 nitrogen and oxygen atoms in total. The molecule has 0 saturated heterocycles. The lowest BCUT2D eigenvalue weighted by Crippen LogP contribution is -2.22. The number of hydrogen-bond acceptors (Lipinski definition) is 3. The largest absolute Gasteiger partial charge is 0.368 e. The van der Waals surface area contributed by atoms with Crippen LogP contribution in [0.4, 0.5) is 11.5 Å². The Bertz CT molecular complexity index is 380. The van der Waals surface area contributed by atoms with Crippen LogP contribution in [0.1, 0.15) is 6.92 Å². The van der Waals surface area contributed by atoms with Crippen molar-refractivity contribution in [2.45, 2.75) is 6.92 Å². The molecule has 0 radical (unpaired) electrons. The Labute approximate surface area is 86.7 Å². The fraction of sp³-hybridized carbons (Fsp3) is 0.333. The van der Waals surface area contributed by atoms with Crippen molar-refractivity contribution in [3.05, 3.63) is 17.3 Å². The molecule has 1 aliphatic heterocycles. The second-order valence-corrected chi connectivity index (χ2v) is 3.76. The standard InChI is InChI=1S/C9H10ClN3O/c1-5-3-11-8-7(13-9(5)14)2-6(10)4-12-8/h2,4-5H,3H2,1H3,(H,11,12)(H,13,14). The zero-order valence-corrected chi connectivity index (χ0v) is 8.43. The molecule has 0 aromatic carbocycles. The van der Waals surface area contributed by atoms with Gasteiger partial charge in [0, 0.05) is 12.7 Å². The highest BCUT2D eigenvalue weighted by Crippen LogP contribution is 2.25. The van der Waals surface area contributed by atoms with E-state index in [0.717, 1.165) is 0 Å². The summed E-state index contributed by atoms with van der Waals surface area (Å²) < 4.78 is 0. The molecule has 14 heavy (non-hydrogen) atoms. The Hall–Kier alpha value is -1.29. The maximum atomic E-state index is 11.5. The number of rotatable bonds is 0. The van der Waals surface area contributed by atoms with Crippen molar-refractivity contribution < 1.29 is 4.79 Å². The van der Waals surface area contributed by atoms with Gasteiger partial charge in [0.2, 0.25) is 5.91 Å². The minimum atomic E-state index is -0.0667. The van der Waals surface area contributed by atoms with E-state index in [-0.39, 0.29) is 11.8 Å². The monoisotopic (exact) mass is 211 g/mol. The van der Waals surface area contributed by atoms with Gasteiger partial charge in [0.15, 0.2) is 0 Å². The maximum Gasteiger partial charge on any atom is 0.229 e. The van der Waals surface area contributed by atoms with Crippen molar-refractivity contribution in [2.24, 2.45) is 5.92 Å². The van der Waals surface area contributed by atoms with Crippen LogP contribution in [0.5, 0.6) is 0 Å². The number of carbonyl (C=O) groups is 1. The first-order valence-corrected chi connectivity index (χ1v) is 4.75. The van der Waals surface area contributed by atoms with Crippen molar-refractivity contribution in [3.63, 3.8) is 0 Å². The number of nitrogens with zero attached hydrogens (tertiary/aromatic N) is 1. The second-order valence-electron chi connectivity index (χ2n) is 3.32. The SMILES string of the molecule is CC1CNc2ncc(Cl)cc2NC1=O. The molecule has 0 spiro atoms. The van der Waals surface area contributed by atoms with Crippen molar-refractivity contribution in [1.29, 1.82) is 0 Å². The third-order valence-corrected chi connectivity index (χ3v) is 2.34. The number of anilines is 2. The van der Waals surface area contributed by atoms with E-state index < -0.39 is 0 Å². The lowest BCUT2D eigenvalue weighted by Gasteiger charge is -2.05. The highest BCUT2D eigenvalue weighted by Gasteiger charge is 2.19. The van der Waals surface area contributed by atoms with Crippen molar-refractivity contribution in [2.75, 3.05) is 17.2 Å². The van der Waals surface area contributed by atoms with Crippen LogP contribution in [0.3, 0.4) is 0 Å². The lowest BCUT2D eigenvalue weighted by molar-refractivity contribution is -0.118. The normalized spacial score (nSPS) is 20.4. The Balaban J connectivity index is 2.38. The molecule has 1 aromatic heterocycles. The fourth-order valence-corrected chi connectivity index (χ4v) is 1.43. The molecule has 1 aromatic rings. The number of carbonyl (C=O) groups excluding carboxylic acids is 1. The molecule has 1 amide bonds. The van der Waals surface area contributed by atoms with Gasteiger partial charge in [-0.1, -0.05) is 18.5 Å². The van der Waals surface area contributed by atoms with Crippen LogP contribution >= 0.6 is 11.6 Å². The summed E-state index contributed by atoms with van der Waals surface area (Å²) in [5.74, 6) is 0.593. The van der Waals surface area contributed by atoms with E-state index in [4.69, 9.17) is 11.6 Å². The molecule has 74 valence electrons. The number of halogens is 1. The van der Waals surface area contributed by atoms with E-state index in [1.54, 1.807) is 12.3 Å². The summed E-state index contributed by atoms with van der Waals surface area (Å²) in [4.78, 5) is 15.6. The van der Waals surface area contributed by atoms with E-state index >= 15 is 0 Å². The van der Waals surface area contributed by atoms with Crippen molar-refractivity contribution in [3.8, 4) is 0 Å². The van der Waals surface area contributed by atoms with Crippen LogP contribution in [0.25, 0.3) is 0 Å². The zero-order chi connectivity index (χ0) is 10.1. The van der Waals surface area contributed by atoms with Gasteiger partial charge in [0.05, 0.1) is 16.6 Å². The number of nitrogens with one attached hydrogen (secondary N) is 2. The van der Waals surface area contributed by atoms with Gasteiger partial charge >= 0.3 is 0 Å². The van der Waals surface area contributed by atoms with Gasteiger partial charge in [0.25, 0.3) is 0 Å². The Morgan fingerprint density at radius 3 is 3.21 bits per heavy atom. The van der Waals surface area contributed by atoms with Crippen LogP contribution in [0.2, 0.25) is 5.02 Å². The third kappa shape index (κ3) is 1.65. The lowest BCUT2D eigenvalue weighted by atomic mass is 10.2. The zero-order valence-electron chi connectivity index (χ0n) is 7.67. The molecule has 2 N–H and O–H groups in total. The van der Waals surface area contributed by atoms with E-state index in [2.05, 4.69) is 15.6 Å². The maximum absolute atomic E-state index is 11.5. The molecule has 2 heterocycles. The second kappa shape index (κ2) is 3.46. The van der Waals surface area contributed by atoms with Gasteiger partial charge < -0.3 is 10.6 Å². The molecular weight excluding hydrogens is 202 g/mol. The summed E-state index contributed by atoms with van der Waals surface area (Å²) in [6, 6.07) is 1.69. The smallest absolute Gasteiger partial charge is 0.229 e. The number of hydrogen-bond donors (Lipinski definition) is 2. The predicted molar refractivity (Wildman–Crippen MR) is 55.5 cm³/mol. The van der Waals surface area contributed by atoms with Crippen LogP contribution in [0.15, 0.2) is 12.3 Å². The molecule has 5 heteroatoms. The first-order chi connectivity index (χ1) is 6.66. The van der Waals surface area contributed by atoms with E-state index in [1.165, 1.54) is 0 Å². The fourth-order valence-electron chi connectivity index (χ4n) is 1.27. The van der Waals surface area contributed by atoms with Crippen LogP contribution in [-0.4, -0.2) is 17.4 Å². The van der Waals surface area contributed by atoms with Gasteiger partial charge in [-0.05, 0) is 6.07 Å². The molecule has 1 unspecified atom stereocenters. The minimum absolute atomic E-state index is 0.0136. The summed E-state index contributed by atoms with van der Waals surface area (Å²) in [7, 11) is 0. The number of aromatic nitrogens is 1. The minimum Gasteiger partial charge on any atom is -0.368 e. The summed E-state index contributed by atoms with van der Waals surface area (Å²) >= 11 is 5.77. The average Bonchev–Trinajstić information content (AvgIpc) is 2.27. The third-order valence-electron chi connectivity index (χ3n) is 2.14. The van der Waals surface area contributed by atoms with E-state index in [1.807, 2.05) is 6.92 Å². The number of pyridine rings is 1. The molecule has 2 rings (SSSR count). The highest BCUT2D eigenvalue weighted by molar-refractivity contribution is 6.30. The van der Waals surface area contributed by atoms with Crippen LogP contribution in [0, 0.1) is 5.92 Å². The average molecular weight is 212 g/mol. The quantitative estimate of drug-likeness (QED) is 0.687. The first-order valence-electron chi connectivity index (χ1n) is 4.37. The topological polar surface area (TPSA) is 54.0 Å². The van der Waals surface area contributed by atoms with Crippen LogP contribution in [-0.2, 0) is 4.79 Å². The number of amides is 1. The van der Waals surface area contributed by atoms with Crippen LogP contribution < -0.4 is 10.6 Å². The molecule has 0 saturated carbocycles. The molecule has 0 fully saturated rings. The van der Waals surface area contributed by atoms with Gasteiger partial charge in [-0.3, -0.25) is 4.79 Å². The summed E-state index contributed by atoms with van der Waals surface area (Å²) in [6.45, 7) is 2.45. The first kappa shape index (κ1) is 9.27. The van der Waals surface area contributed by atoms with Crippen molar-refractivity contribution in [1.82, 2.24) is 4.98 Å². The summed E-state index contributed by atoms with van der Waals surface area (Å²) in [6.07, 6.45) is 1.55. The molecule has 0 bridgehead atoms. The van der Waals surface area contributed by atoms with Gasteiger partial charge in [-0.25, -0.2) is 4.98 Å². The highest BCUT2D eigenvalue weighted by atomic mass is 35.5. The van der Waals surface area contributed by atoms with E-state index in [0.29, 0.717) is 23.1 Å². The van der Waals surface area contributed by atoms with Gasteiger partial charge in [-0.2, -0.15) is 0 Å². The van der Waals surface area contributed by atoms with E-state index in [9.17, 15) is 4.79 Å². The van der Waals surface area contributed by atoms with Gasteiger partial charge in [-0.15, -0.1) is 0 Å². The number of fused-ring (bicyclic) bond motifs is 1. The van der Waals surface area contributed by atoms with Gasteiger partial charge in [0.1, 0.15) is 5.82 Å². The molecule has 0 aliphatic carbocycles. The molecule has 1 aliphatic rings. The Kier molecular flexibility index (Phi) is 2.29. The molecular formula is C9H10ClN3O.